The number of aliphatic hydroxyl groups excluding tert-OH is 1. The average molecular weight is 233 g/mol. The number of hydrogen-bond donors (Lipinski definition) is 2. The van der Waals surface area contributed by atoms with E-state index >= 15 is 0 Å². The van der Waals surface area contributed by atoms with Gasteiger partial charge < -0.3 is 15.7 Å². The van der Waals surface area contributed by atoms with Crippen LogP contribution in [0.2, 0.25) is 0 Å². The van der Waals surface area contributed by atoms with Crippen LogP contribution in [-0.4, -0.2) is 29.3 Å². The Kier molecular flexibility index (Phi) is 2.76. The Morgan fingerprint density at radius 2 is 2.29 bits per heavy atom. The summed E-state index contributed by atoms with van der Waals surface area (Å²) in [5.41, 5.74) is 7.83. The predicted molar refractivity (Wildman–Crippen MR) is 66.6 cm³/mol. The summed E-state index contributed by atoms with van der Waals surface area (Å²) in [5, 5.41) is 9.92. The van der Waals surface area contributed by atoms with Crippen molar-refractivity contribution in [2.75, 3.05) is 18.0 Å². The van der Waals surface area contributed by atoms with Crippen molar-refractivity contribution in [2.24, 2.45) is 17.6 Å². The highest BCUT2D eigenvalue weighted by molar-refractivity contribution is 5.51. The lowest BCUT2D eigenvalue weighted by molar-refractivity contribution is 0.133. The molecule has 3 N–H and O–H groups in total. The average Bonchev–Trinajstić information content (AvgIpc) is 2.92. The lowest BCUT2D eigenvalue weighted by Gasteiger charge is -2.22. The summed E-state index contributed by atoms with van der Waals surface area (Å²) in [6, 6.07) is 4.04. The van der Waals surface area contributed by atoms with Gasteiger partial charge in [0.15, 0.2) is 0 Å². The molecule has 1 aromatic heterocycles. The van der Waals surface area contributed by atoms with Crippen LogP contribution in [0.3, 0.4) is 0 Å². The third-order valence-electron chi connectivity index (χ3n) is 4.22. The van der Waals surface area contributed by atoms with Crippen LogP contribution < -0.4 is 10.6 Å². The standard InChI is InChI=1S/C13H19N3O/c14-6-11-12(2-1-5-15-11)16-7-9-3-4-13(17)10(9)8-16/h1-2,5,9-10,13,17H,3-4,6-8,14H2. The highest BCUT2D eigenvalue weighted by atomic mass is 16.3. The van der Waals surface area contributed by atoms with Crippen molar-refractivity contribution in [2.45, 2.75) is 25.5 Å². The van der Waals surface area contributed by atoms with Crippen molar-refractivity contribution in [3.8, 4) is 0 Å². The Morgan fingerprint density at radius 1 is 1.41 bits per heavy atom. The zero-order valence-electron chi connectivity index (χ0n) is 9.92. The molecule has 2 fully saturated rings. The van der Waals surface area contributed by atoms with Crippen molar-refractivity contribution in [3.63, 3.8) is 0 Å². The second kappa shape index (κ2) is 4.27. The number of aromatic nitrogens is 1. The molecule has 0 bridgehead atoms. The summed E-state index contributed by atoms with van der Waals surface area (Å²) in [5.74, 6) is 1.09. The van der Waals surface area contributed by atoms with E-state index in [4.69, 9.17) is 5.73 Å². The molecule has 92 valence electrons. The Hall–Kier alpha value is -1.13. The molecule has 1 aliphatic carbocycles. The highest BCUT2D eigenvalue weighted by Crippen LogP contribution is 2.40. The first-order valence-corrected chi connectivity index (χ1v) is 6.36. The van der Waals surface area contributed by atoms with E-state index in [2.05, 4.69) is 16.0 Å². The van der Waals surface area contributed by atoms with E-state index in [0.717, 1.165) is 37.3 Å². The van der Waals surface area contributed by atoms with Crippen molar-refractivity contribution in [1.29, 1.82) is 0 Å². The molecule has 1 aliphatic heterocycles. The van der Waals surface area contributed by atoms with Gasteiger partial charge in [0, 0.05) is 31.7 Å². The molecule has 1 aromatic rings. The first kappa shape index (κ1) is 11.0. The maximum atomic E-state index is 9.92. The van der Waals surface area contributed by atoms with Gasteiger partial charge in [-0.15, -0.1) is 0 Å². The van der Waals surface area contributed by atoms with Crippen LogP contribution in [0, 0.1) is 11.8 Å². The minimum Gasteiger partial charge on any atom is -0.393 e. The van der Waals surface area contributed by atoms with Gasteiger partial charge in [0.2, 0.25) is 0 Å². The molecule has 4 heteroatoms. The SMILES string of the molecule is NCc1ncccc1N1CC2CCC(O)C2C1. The molecular formula is C13H19N3O. The van der Waals surface area contributed by atoms with Crippen molar-refractivity contribution >= 4 is 5.69 Å². The van der Waals surface area contributed by atoms with Gasteiger partial charge in [-0.05, 0) is 30.9 Å². The zero-order valence-corrected chi connectivity index (χ0v) is 9.92. The summed E-state index contributed by atoms with van der Waals surface area (Å²) < 4.78 is 0. The fourth-order valence-corrected chi connectivity index (χ4v) is 3.31. The number of rotatable bonds is 2. The second-order valence-corrected chi connectivity index (χ2v) is 5.15. The molecular weight excluding hydrogens is 214 g/mol. The van der Waals surface area contributed by atoms with Crippen molar-refractivity contribution in [3.05, 3.63) is 24.0 Å². The van der Waals surface area contributed by atoms with Gasteiger partial charge in [-0.25, -0.2) is 0 Å². The topological polar surface area (TPSA) is 62.4 Å². The molecule has 2 aliphatic rings. The van der Waals surface area contributed by atoms with E-state index in [-0.39, 0.29) is 6.10 Å². The van der Waals surface area contributed by atoms with Crippen LogP contribution in [0.5, 0.6) is 0 Å². The van der Waals surface area contributed by atoms with E-state index in [1.807, 2.05) is 6.07 Å². The minimum atomic E-state index is -0.108. The molecule has 2 heterocycles. The molecule has 0 spiro atoms. The summed E-state index contributed by atoms with van der Waals surface area (Å²) in [6.45, 7) is 2.47. The number of hydrogen-bond acceptors (Lipinski definition) is 4. The van der Waals surface area contributed by atoms with Gasteiger partial charge in [-0.2, -0.15) is 0 Å². The summed E-state index contributed by atoms with van der Waals surface area (Å²) in [6.07, 6.45) is 3.81. The maximum Gasteiger partial charge on any atom is 0.0772 e. The van der Waals surface area contributed by atoms with Gasteiger partial charge in [-0.3, -0.25) is 4.98 Å². The minimum absolute atomic E-state index is 0.108. The fraction of sp³-hybridized carbons (Fsp3) is 0.615. The predicted octanol–water partition coefficient (Wildman–Crippen LogP) is 0.747. The maximum absolute atomic E-state index is 9.92. The van der Waals surface area contributed by atoms with Gasteiger partial charge >= 0.3 is 0 Å². The Bertz CT molecular complexity index is 409. The van der Waals surface area contributed by atoms with E-state index in [1.165, 1.54) is 0 Å². The number of nitrogens with two attached hydrogens (primary N) is 1. The number of fused-ring (bicyclic) bond motifs is 1. The summed E-state index contributed by atoms with van der Waals surface area (Å²) in [7, 11) is 0. The molecule has 0 aromatic carbocycles. The molecule has 0 radical (unpaired) electrons. The molecule has 3 rings (SSSR count). The van der Waals surface area contributed by atoms with Crippen LogP contribution in [-0.2, 0) is 6.54 Å². The van der Waals surface area contributed by atoms with Crippen LogP contribution in [0.15, 0.2) is 18.3 Å². The van der Waals surface area contributed by atoms with Crippen molar-refractivity contribution < 1.29 is 5.11 Å². The number of nitrogens with zero attached hydrogens (tertiary/aromatic N) is 2. The van der Waals surface area contributed by atoms with E-state index in [1.54, 1.807) is 6.20 Å². The number of aliphatic hydroxyl groups is 1. The largest absolute Gasteiger partial charge is 0.393 e. The van der Waals surface area contributed by atoms with Crippen LogP contribution >= 0.6 is 0 Å². The molecule has 3 atom stereocenters. The Balaban J connectivity index is 1.82. The summed E-state index contributed by atoms with van der Waals surface area (Å²) in [4.78, 5) is 6.67. The zero-order chi connectivity index (χ0) is 11.8. The fourth-order valence-electron chi connectivity index (χ4n) is 3.31. The molecule has 1 saturated carbocycles. The number of pyridine rings is 1. The van der Waals surface area contributed by atoms with Gasteiger partial charge in [0.05, 0.1) is 17.5 Å². The van der Waals surface area contributed by atoms with Gasteiger partial charge in [0.25, 0.3) is 0 Å². The third-order valence-corrected chi connectivity index (χ3v) is 4.22. The lowest BCUT2D eigenvalue weighted by atomic mass is 10.00. The Labute approximate surface area is 101 Å². The number of anilines is 1. The molecule has 1 saturated heterocycles. The van der Waals surface area contributed by atoms with Crippen LogP contribution in [0.25, 0.3) is 0 Å². The van der Waals surface area contributed by atoms with Crippen molar-refractivity contribution in [1.82, 2.24) is 4.98 Å². The van der Waals surface area contributed by atoms with E-state index in [0.29, 0.717) is 18.4 Å². The lowest BCUT2D eigenvalue weighted by Crippen LogP contribution is -2.26. The molecule has 0 amide bonds. The van der Waals surface area contributed by atoms with Crippen LogP contribution in [0.1, 0.15) is 18.5 Å². The second-order valence-electron chi connectivity index (χ2n) is 5.15. The first-order valence-electron chi connectivity index (χ1n) is 6.36. The normalized spacial score (nSPS) is 31.9. The monoisotopic (exact) mass is 233 g/mol. The molecule has 4 nitrogen and oxygen atoms in total. The van der Waals surface area contributed by atoms with E-state index in [9.17, 15) is 5.11 Å². The van der Waals surface area contributed by atoms with Gasteiger partial charge in [-0.1, -0.05) is 0 Å². The third kappa shape index (κ3) is 1.81. The summed E-state index contributed by atoms with van der Waals surface area (Å²) >= 11 is 0. The quantitative estimate of drug-likeness (QED) is 0.791. The smallest absolute Gasteiger partial charge is 0.0772 e. The van der Waals surface area contributed by atoms with Gasteiger partial charge in [0.1, 0.15) is 0 Å². The highest BCUT2D eigenvalue weighted by Gasteiger charge is 2.42. The van der Waals surface area contributed by atoms with Crippen LogP contribution in [0.4, 0.5) is 5.69 Å². The first-order chi connectivity index (χ1) is 8.29. The Morgan fingerprint density at radius 3 is 3.06 bits per heavy atom. The molecule has 3 unspecified atom stereocenters. The van der Waals surface area contributed by atoms with E-state index < -0.39 is 0 Å². The molecule has 17 heavy (non-hydrogen) atoms.